The lowest BCUT2D eigenvalue weighted by Gasteiger charge is -2.07. The molecule has 108 valence electrons. The molecule has 0 spiro atoms. The standard InChI is InChI=1S/C17H19N3O/c1-21-17-6-5-15-11-14(3-4-16(15)12-17)13-18-8-10-20-9-2-7-19-20/h2-7,9,11-12,18H,8,10,13H2,1H3. The molecule has 0 aliphatic heterocycles. The number of methoxy groups -OCH3 is 1. The van der Waals surface area contributed by atoms with Crippen LogP contribution in [0.3, 0.4) is 0 Å². The second-order valence-electron chi connectivity index (χ2n) is 4.99. The molecule has 2 aromatic carbocycles. The van der Waals surface area contributed by atoms with Crippen molar-refractivity contribution in [1.82, 2.24) is 15.1 Å². The van der Waals surface area contributed by atoms with Crippen molar-refractivity contribution in [2.45, 2.75) is 13.1 Å². The van der Waals surface area contributed by atoms with Crippen LogP contribution in [-0.2, 0) is 13.1 Å². The van der Waals surface area contributed by atoms with Crippen molar-refractivity contribution in [2.75, 3.05) is 13.7 Å². The first-order chi connectivity index (χ1) is 10.3. The Hall–Kier alpha value is -2.33. The molecule has 4 nitrogen and oxygen atoms in total. The van der Waals surface area contributed by atoms with E-state index in [1.165, 1.54) is 16.3 Å². The first-order valence-corrected chi connectivity index (χ1v) is 7.10. The fraction of sp³-hybridized carbons (Fsp3) is 0.235. The number of rotatable bonds is 6. The highest BCUT2D eigenvalue weighted by Gasteiger charge is 1.99. The normalized spacial score (nSPS) is 10.9. The summed E-state index contributed by atoms with van der Waals surface area (Å²) in [7, 11) is 1.69. The van der Waals surface area contributed by atoms with Gasteiger partial charge in [-0.2, -0.15) is 5.10 Å². The summed E-state index contributed by atoms with van der Waals surface area (Å²) in [5.41, 5.74) is 1.29. The largest absolute Gasteiger partial charge is 0.497 e. The lowest BCUT2D eigenvalue weighted by molar-refractivity contribution is 0.415. The molecule has 0 bridgehead atoms. The van der Waals surface area contributed by atoms with Crippen molar-refractivity contribution in [1.29, 1.82) is 0 Å². The van der Waals surface area contributed by atoms with Gasteiger partial charge in [-0.1, -0.05) is 18.2 Å². The van der Waals surface area contributed by atoms with Crippen LogP contribution in [0.5, 0.6) is 5.75 Å². The van der Waals surface area contributed by atoms with Gasteiger partial charge >= 0.3 is 0 Å². The smallest absolute Gasteiger partial charge is 0.119 e. The highest BCUT2D eigenvalue weighted by molar-refractivity contribution is 5.84. The molecule has 3 rings (SSSR count). The molecule has 4 heteroatoms. The fourth-order valence-electron chi connectivity index (χ4n) is 2.37. The molecular formula is C17H19N3O. The summed E-state index contributed by atoms with van der Waals surface area (Å²) >= 11 is 0. The predicted octanol–water partition coefficient (Wildman–Crippen LogP) is 2.83. The Balaban J connectivity index is 1.59. The topological polar surface area (TPSA) is 39.1 Å². The second kappa shape index (κ2) is 6.41. The molecule has 1 N–H and O–H groups in total. The summed E-state index contributed by atoms with van der Waals surface area (Å²) in [4.78, 5) is 0. The average molecular weight is 281 g/mol. The quantitative estimate of drug-likeness (QED) is 0.706. The molecule has 0 fully saturated rings. The summed E-state index contributed by atoms with van der Waals surface area (Å²) < 4.78 is 7.18. The molecule has 0 unspecified atom stereocenters. The highest BCUT2D eigenvalue weighted by atomic mass is 16.5. The van der Waals surface area contributed by atoms with Crippen LogP contribution >= 0.6 is 0 Å². The molecule has 0 atom stereocenters. The number of fused-ring (bicyclic) bond motifs is 1. The number of nitrogens with zero attached hydrogens (tertiary/aromatic N) is 2. The first-order valence-electron chi connectivity index (χ1n) is 7.10. The summed E-state index contributed by atoms with van der Waals surface area (Å²) in [6.07, 6.45) is 3.78. The van der Waals surface area contributed by atoms with Gasteiger partial charge in [0.2, 0.25) is 0 Å². The minimum atomic E-state index is 0.864. The molecule has 1 heterocycles. The third-order valence-electron chi connectivity index (χ3n) is 3.52. The van der Waals surface area contributed by atoms with E-state index < -0.39 is 0 Å². The van der Waals surface area contributed by atoms with E-state index in [1.54, 1.807) is 13.3 Å². The van der Waals surface area contributed by atoms with E-state index in [2.05, 4.69) is 40.7 Å². The van der Waals surface area contributed by atoms with Gasteiger partial charge in [-0.3, -0.25) is 4.68 Å². The van der Waals surface area contributed by atoms with E-state index in [1.807, 2.05) is 23.0 Å². The van der Waals surface area contributed by atoms with Gasteiger partial charge < -0.3 is 10.1 Å². The number of nitrogens with one attached hydrogen (secondary N) is 1. The predicted molar refractivity (Wildman–Crippen MR) is 84.4 cm³/mol. The van der Waals surface area contributed by atoms with E-state index in [0.29, 0.717) is 0 Å². The van der Waals surface area contributed by atoms with Crippen molar-refractivity contribution >= 4 is 10.8 Å². The second-order valence-corrected chi connectivity index (χ2v) is 4.99. The molecule has 0 saturated carbocycles. The number of aromatic nitrogens is 2. The van der Waals surface area contributed by atoms with Crippen LogP contribution < -0.4 is 10.1 Å². The van der Waals surface area contributed by atoms with Gasteiger partial charge in [0, 0.05) is 25.5 Å². The maximum absolute atomic E-state index is 5.25. The van der Waals surface area contributed by atoms with E-state index >= 15 is 0 Å². The molecule has 0 saturated heterocycles. The Labute approximate surface area is 124 Å². The van der Waals surface area contributed by atoms with Gasteiger partial charge in [-0.25, -0.2) is 0 Å². The number of ether oxygens (including phenoxy) is 1. The van der Waals surface area contributed by atoms with Gasteiger partial charge in [0.15, 0.2) is 0 Å². The molecule has 0 aliphatic rings. The van der Waals surface area contributed by atoms with Crippen LogP contribution in [0.15, 0.2) is 54.9 Å². The Morgan fingerprint density at radius 3 is 2.81 bits per heavy atom. The monoisotopic (exact) mass is 281 g/mol. The molecular weight excluding hydrogens is 262 g/mol. The average Bonchev–Trinajstić information content (AvgIpc) is 3.04. The number of benzene rings is 2. The van der Waals surface area contributed by atoms with Crippen molar-refractivity contribution in [2.24, 2.45) is 0 Å². The van der Waals surface area contributed by atoms with E-state index in [9.17, 15) is 0 Å². The first kappa shape index (κ1) is 13.6. The minimum Gasteiger partial charge on any atom is -0.497 e. The maximum Gasteiger partial charge on any atom is 0.119 e. The van der Waals surface area contributed by atoms with E-state index in [-0.39, 0.29) is 0 Å². The van der Waals surface area contributed by atoms with Crippen molar-refractivity contribution in [3.63, 3.8) is 0 Å². The van der Waals surface area contributed by atoms with Crippen molar-refractivity contribution in [3.05, 3.63) is 60.4 Å². The lowest BCUT2D eigenvalue weighted by Crippen LogP contribution is -2.19. The third kappa shape index (κ3) is 3.41. The van der Waals surface area contributed by atoms with Crippen LogP contribution in [0.4, 0.5) is 0 Å². The molecule has 0 aliphatic carbocycles. The maximum atomic E-state index is 5.25. The Morgan fingerprint density at radius 2 is 2.00 bits per heavy atom. The molecule has 1 aromatic heterocycles. The van der Waals surface area contributed by atoms with Gasteiger partial charge in [0.1, 0.15) is 5.75 Å². The van der Waals surface area contributed by atoms with Crippen LogP contribution in [-0.4, -0.2) is 23.4 Å². The summed E-state index contributed by atoms with van der Waals surface area (Å²) in [6.45, 7) is 2.66. The highest BCUT2D eigenvalue weighted by Crippen LogP contribution is 2.21. The van der Waals surface area contributed by atoms with Crippen molar-refractivity contribution in [3.8, 4) is 5.75 Å². The summed E-state index contributed by atoms with van der Waals surface area (Å²) in [5.74, 6) is 0.896. The van der Waals surface area contributed by atoms with Gasteiger partial charge in [-0.15, -0.1) is 0 Å². The van der Waals surface area contributed by atoms with Crippen LogP contribution in [0.2, 0.25) is 0 Å². The Kier molecular flexibility index (Phi) is 4.17. The third-order valence-corrected chi connectivity index (χ3v) is 3.52. The lowest BCUT2D eigenvalue weighted by atomic mass is 10.1. The molecule has 0 radical (unpaired) electrons. The minimum absolute atomic E-state index is 0.864. The van der Waals surface area contributed by atoms with Gasteiger partial charge in [0.05, 0.1) is 13.7 Å². The van der Waals surface area contributed by atoms with Gasteiger partial charge in [0.25, 0.3) is 0 Å². The fourth-order valence-corrected chi connectivity index (χ4v) is 2.37. The zero-order chi connectivity index (χ0) is 14.5. The van der Waals surface area contributed by atoms with Gasteiger partial charge in [-0.05, 0) is 40.6 Å². The van der Waals surface area contributed by atoms with E-state index in [4.69, 9.17) is 4.74 Å². The number of hydrogen-bond donors (Lipinski definition) is 1. The van der Waals surface area contributed by atoms with E-state index in [0.717, 1.165) is 25.4 Å². The zero-order valence-electron chi connectivity index (χ0n) is 12.1. The van der Waals surface area contributed by atoms with Crippen LogP contribution in [0.1, 0.15) is 5.56 Å². The summed E-state index contributed by atoms with van der Waals surface area (Å²) in [6, 6.07) is 14.6. The zero-order valence-corrected chi connectivity index (χ0v) is 12.1. The Bertz CT molecular complexity index is 707. The van der Waals surface area contributed by atoms with Crippen LogP contribution in [0.25, 0.3) is 10.8 Å². The van der Waals surface area contributed by atoms with Crippen molar-refractivity contribution < 1.29 is 4.74 Å². The molecule has 3 aromatic rings. The molecule has 0 amide bonds. The summed E-state index contributed by atoms with van der Waals surface area (Å²) in [5, 5.41) is 10.1. The SMILES string of the molecule is COc1ccc2cc(CNCCn3cccn3)ccc2c1. The molecule has 21 heavy (non-hydrogen) atoms. The Morgan fingerprint density at radius 1 is 1.14 bits per heavy atom. The number of hydrogen-bond acceptors (Lipinski definition) is 3. The van der Waals surface area contributed by atoms with Crippen LogP contribution in [0, 0.1) is 0 Å².